The molecule has 66 heavy (non-hydrogen) atoms. The molecule has 0 aromatic heterocycles. The number of aliphatic hydroxyl groups is 6. The van der Waals surface area contributed by atoms with Crippen molar-refractivity contribution in [2.75, 3.05) is 33.5 Å². The van der Waals surface area contributed by atoms with Crippen LogP contribution < -0.4 is 5.32 Å². The van der Waals surface area contributed by atoms with Crippen LogP contribution in [0.3, 0.4) is 0 Å². The zero-order valence-corrected chi connectivity index (χ0v) is 38.9. The topological polar surface area (TPSA) is 218 Å². The van der Waals surface area contributed by atoms with E-state index in [1.165, 1.54) is 6.92 Å². The number of allylic oxidation sites excluding steroid dienone is 1. The van der Waals surface area contributed by atoms with Gasteiger partial charge in [-0.05, 0) is 130 Å². The Kier molecular flexibility index (Phi) is 10.5. The SMILES string of the molecule is COCCCO[C@H]1CC[C@@]2(C)[C@@H](C1)C(=O)C1=C3[C@@]24C#CC[C@@H]2CN2C(=O)[C@@H]2N[C@H](O)[C@H]5O[C@@H]([C@H](CO)[C@H]5[C@]25CC[C@@H](c2cccc(O)c2)C5)C(O)(O)[C@@](C)(O)[C@H]2C[C@@H](CC1)[C@]3(O)[C@]2(C)CC4. The maximum absolute atomic E-state index is 15.2. The molecular formula is C52H70N2O12. The highest BCUT2D eigenvalue weighted by Crippen LogP contribution is 2.77. The molecule has 360 valence electrons. The van der Waals surface area contributed by atoms with E-state index in [-0.39, 0.29) is 41.9 Å². The molecule has 0 radical (unpaired) electrons. The second-order valence-electron chi connectivity index (χ2n) is 23.1. The van der Waals surface area contributed by atoms with E-state index in [0.717, 1.165) is 18.4 Å². The molecule has 1 amide bonds. The van der Waals surface area contributed by atoms with Crippen LogP contribution in [0.1, 0.15) is 116 Å². The first kappa shape index (κ1) is 45.5. The zero-order valence-electron chi connectivity index (χ0n) is 38.9. The molecule has 4 heterocycles. The van der Waals surface area contributed by atoms with Gasteiger partial charge in [-0.1, -0.05) is 31.9 Å². The van der Waals surface area contributed by atoms with E-state index in [1.807, 2.05) is 13.0 Å². The number of phenolic OH excluding ortho intramolecular Hbond substituents is 1. The second-order valence-corrected chi connectivity index (χ2v) is 23.1. The van der Waals surface area contributed by atoms with Crippen molar-refractivity contribution >= 4 is 11.7 Å². The maximum atomic E-state index is 15.2. The normalized spacial score (nSPS) is 49.6. The molecule has 3 saturated heterocycles. The van der Waals surface area contributed by atoms with Crippen LogP contribution >= 0.6 is 0 Å². The number of nitrogens with one attached hydrogen (secondary N) is 1. The summed E-state index contributed by atoms with van der Waals surface area (Å²) in [6, 6.07) is 5.96. The summed E-state index contributed by atoms with van der Waals surface area (Å²) >= 11 is 0. The summed E-state index contributed by atoms with van der Waals surface area (Å²) in [7, 11) is 1.67. The summed E-state index contributed by atoms with van der Waals surface area (Å²) in [6.07, 6.45) is 2.44. The number of methoxy groups -OCH3 is 1. The quantitative estimate of drug-likeness (QED) is 0.0856. The predicted octanol–water partition coefficient (Wildman–Crippen LogP) is 3.03. The Bertz CT molecular complexity index is 2270. The lowest BCUT2D eigenvalue weighted by Gasteiger charge is -2.67. The molecule has 4 saturated carbocycles. The summed E-state index contributed by atoms with van der Waals surface area (Å²) in [5.74, 6) is 0.760. The predicted molar refractivity (Wildman–Crippen MR) is 238 cm³/mol. The Balaban J connectivity index is 1.05. The first-order chi connectivity index (χ1) is 31.3. The number of aromatic hydroxyl groups is 1. The van der Waals surface area contributed by atoms with Crippen molar-refractivity contribution in [3.63, 3.8) is 0 Å². The fraction of sp³-hybridized carbons (Fsp3) is 0.769. The van der Waals surface area contributed by atoms with Crippen molar-refractivity contribution in [1.29, 1.82) is 0 Å². The molecule has 11 rings (SSSR count). The van der Waals surface area contributed by atoms with Crippen LogP contribution in [-0.4, -0.2) is 139 Å². The Hall–Kier alpha value is -2.94. The van der Waals surface area contributed by atoms with Crippen molar-refractivity contribution in [2.24, 2.45) is 51.2 Å². The minimum absolute atomic E-state index is 0.0334. The van der Waals surface area contributed by atoms with Gasteiger partial charge >= 0.3 is 0 Å². The summed E-state index contributed by atoms with van der Waals surface area (Å²) in [5, 5.41) is 90.0. The van der Waals surface area contributed by atoms with E-state index >= 15 is 9.59 Å². The van der Waals surface area contributed by atoms with Gasteiger partial charge in [0, 0.05) is 74.4 Å². The van der Waals surface area contributed by atoms with Gasteiger partial charge in [0.1, 0.15) is 29.8 Å². The average Bonchev–Trinajstić information content (AvgIpc) is 3.60. The van der Waals surface area contributed by atoms with E-state index < -0.39 is 99.3 Å². The lowest BCUT2D eigenvalue weighted by molar-refractivity contribution is -0.345. The Labute approximate surface area is 387 Å². The van der Waals surface area contributed by atoms with Crippen molar-refractivity contribution in [2.45, 2.75) is 164 Å². The highest BCUT2D eigenvalue weighted by Gasteiger charge is 2.80. The third-order valence-electron chi connectivity index (χ3n) is 20.5. The molecule has 1 spiro atoms. The van der Waals surface area contributed by atoms with Gasteiger partial charge in [0.2, 0.25) is 11.7 Å². The molecule has 4 aliphatic heterocycles. The average molecular weight is 915 g/mol. The zero-order chi connectivity index (χ0) is 46.6. The molecule has 14 nitrogen and oxygen atoms in total. The fourth-order valence-corrected chi connectivity index (χ4v) is 17.1. The largest absolute Gasteiger partial charge is 0.508 e. The monoisotopic (exact) mass is 914 g/mol. The van der Waals surface area contributed by atoms with E-state index in [4.69, 9.17) is 14.2 Å². The number of rotatable bonds is 7. The van der Waals surface area contributed by atoms with Crippen molar-refractivity contribution in [3.05, 3.63) is 41.0 Å². The van der Waals surface area contributed by atoms with Crippen molar-refractivity contribution < 1.29 is 59.5 Å². The van der Waals surface area contributed by atoms with Gasteiger partial charge in [0.25, 0.3) is 0 Å². The second kappa shape index (κ2) is 15.3. The number of ether oxygens (including phenoxy) is 3. The molecule has 1 aromatic rings. The number of aliphatic hydroxyl groups excluding tert-OH is 2. The number of carbonyl (C=O) groups excluding carboxylic acids is 2. The number of benzene rings is 1. The molecule has 0 unspecified atom stereocenters. The van der Waals surface area contributed by atoms with Gasteiger partial charge in [-0.3, -0.25) is 14.9 Å². The number of carbonyl (C=O) groups is 2. The van der Waals surface area contributed by atoms with Gasteiger partial charge in [-0.15, -0.1) is 5.92 Å². The van der Waals surface area contributed by atoms with E-state index in [9.17, 15) is 35.7 Å². The first-order valence-electron chi connectivity index (χ1n) is 24.9. The van der Waals surface area contributed by atoms with Gasteiger partial charge in [-0.25, -0.2) is 0 Å². The Morgan fingerprint density at radius 3 is 2.55 bits per heavy atom. The smallest absolute Gasteiger partial charge is 0.240 e. The van der Waals surface area contributed by atoms with Gasteiger partial charge in [0.05, 0.1) is 29.2 Å². The first-order valence-corrected chi connectivity index (χ1v) is 24.9. The van der Waals surface area contributed by atoms with Gasteiger partial charge in [-0.2, -0.15) is 0 Å². The summed E-state index contributed by atoms with van der Waals surface area (Å²) in [4.78, 5) is 32.1. The van der Waals surface area contributed by atoms with E-state index in [2.05, 4.69) is 24.1 Å². The standard InChI is InChI=1S/C52H70N2O12/c1-46-16-14-33(65-21-7-20-64-4)24-36(46)39(57)34-12-11-30-23-37-47(2)18-19-50(46,41(34)51(30,47)61)15-6-9-31-26-54(31)45(59)42-49(17-13-29(25-49)28-8-5-10-32(56)22-28)38-35(27-55)43(52(62,63)48(37,3)60)66-40(38)44(58)53-42/h5,8,10,22,29-31,33,35-38,40,42-44,53,55-56,58,60-63H,7,9,11-14,16-21,23-27H2,1-4H3/t29-,30-,31-,33+,35-,36+,37+,38-,40+,42+,43+,44-,46+,47-,48+,49-,50+,51-,54?/m1/s1. The minimum atomic E-state index is -3.03. The Morgan fingerprint density at radius 2 is 1.79 bits per heavy atom. The highest BCUT2D eigenvalue weighted by molar-refractivity contribution is 6.01. The number of hydrogen-bond acceptors (Lipinski definition) is 13. The van der Waals surface area contributed by atoms with Crippen molar-refractivity contribution in [3.8, 4) is 17.6 Å². The van der Waals surface area contributed by atoms with Crippen LogP contribution in [0.15, 0.2) is 35.4 Å². The summed E-state index contributed by atoms with van der Waals surface area (Å²) in [5.41, 5.74) is -5.44. The fourth-order valence-electron chi connectivity index (χ4n) is 17.1. The number of piperidine rings is 1. The van der Waals surface area contributed by atoms with Crippen LogP contribution in [0.5, 0.6) is 5.75 Å². The molecule has 8 N–H and O–H groups in total. The number of hydrogen-bond donors (Lipinski definition) is 8. The number of nitrogens with zero attached hydrogens (tertiary/aromatic N) is 1. The van der Waals surface area contributed by atoms with Gasteiger partial charge in [0.15, 0.2) is 5.78 Å². The van der Waals surface area contributed by atoms with Crippen LogP contribution in [0.2, 0.25) is 0 Å². The lowest BCUT2D eigenvalue weighted by atomic mass is 9.37. The van der Waals surface area contributed by atoms with Crippen LogP contribution in [0.4, 0.5) is 0 Å². The number of amides is 1. The minimum Gasteiger partial charge on any atom is -0.508 e. The molecule has 18 atom stereocenters. The van der Waals surface area contributed by atoms with Crippen LogP contribution in [-0.2, 0) is 23.8 Å². The van der Waals surface area contributed by atoms with E-state index in [0.29, 0.717) is 95.1 Å². The molecule has 1 aromatic carbocycles. The number of fused-ring (bicyclic) bond motifs is 3. The molecule has 7 fully saturated rings. The summed E-state index contributed by atoms with van der Waals surface area (Å²) in [6.45, 7) is 6.52. The third-order valence-corrected chi connectivity index (χ3v) is 20.5. The van der Waals surface area contributed by atoms with Gasteiger partial charge < -0.3 is 54.9 Å². The van der Waals surface area contributed by atoms with Crippen molar-refractivity contribution in [1.82, 2.24) is 10.2 Å². The van der Waals surface area contributed by atoms with Crippen LogP contribution in [0, 0.1) is 63.1 Å². The van der Waals surface area contributed by atoms with E-state index in [1.54, 1.807) is 30.2 Å². The summed E-state index contributed by atoms with van der Waals surface area (Å²) < 4.78 is 18.3. The third kappa shape index (κ3) is 5.85. The number of Topliss-reactive ketones (excluding diaryl/α,β-unsaturated/α-hetero) is 1. The van der Waals surface area contributed by atoms with Crippen LogP contribution in [0.25, 0.3) is 0 Å². The number of ketones is 1. The maximum Gasteiger partial charge on any atom is 0.240 e. The highest BCUT2D eigenvalue weighted by atomic mass is 16.6. The lowest BCUT2D eigenvalue weighted by Crippen LogP contribution is -2.71. The molecular weight excluding hydrogens is 845 g/mol. The molecule has 6 aliphatic carbocycles. The molecule has 14 heteroatoms. The Morgan fingerprint density at radius 1 is 0.985 bits per heavy atom. The number of phenols is 1. The molecule has 7 bridgehead atoms. The molecule has 10 aliphatic rings.